The molecule has 2 atom stereocenters. The van der Waals surface area contributed by atoms with Gasteiger partial charge in [-0.1, -0.05) is 12.8 Å². The second-order valence-electron chi connectivity index (χ2n) is 6.08. The first-order valence-corrected chi connectivity index (χ1v) is 10.1. The smallest absolute Gasteiger partial charge is 0.407 e. The molecule has 0 aliphatic carbocycles. The molecule has 152 valence electrons. The molecule has 1 heterocycles. The molecule has 1 amide bonds. The maximum atomic E-state index is 13.0. The highest BCUT2D eigenvalue weighted by Gasteiger charge is 2.46. The minimum Gasteiger partial charge on any atom is -0.481 e. The number of rotatable bonds is 5. The highest BCUT2D eigenvalue weighted by molar-refractivity contribution is 7.89. The maximum Gasteiger partial charge on any atom is 0.407 e. The van der Waals surface area contributed by atoms with E-state index in [4.69, 9.17) is 4.74 Å². The Bertz CT molecular complexity index is 887. The van der Waals surface area contributed by atoms with Crippen molar-refractivity contribution in [3.63, 3.8) is 0 Å². The number of carboxylic acid groups (broad SMARTS) is 2. The van der Waals surface area contributed by atoms with Crippen LogP contribution in [0.3, 0.4) is 0 Å². The summed E-state index contributed by atoms with van der Waals surface area (Å²) in [4.78, 5) is 23.8. The summed E-state index contributed by atoms with van der Waals surface area (Å²) in [5.41, 5.74) is 0. The molecule has 1 fully saturated rings. The van der Waals surface area contributed by atoms with Crippen LogP contribution in [0, 0.1) is 11.8 Å². The van der Waals surface area contributed by atoms with E-state index in [1.165, 1.54) is 31.2 Å². The summed E-state index contributed by atoms with van der Waals surface area (Å²) < 4.78 is 32.2. The molecule has 2 unspecified atom stereocenters. The van der Waals surface area contributed by atoms with Crippen molar-refractivity contribution in [1.82, 2.24) is 9.21 Å². The van der Waals surface area contributed by atoms with Gasteiger partial charge in [0.05, 0.1) is 10.9 Å². The van der Waals surface area contributed by atoms with Crippen LogP contribution in [0.4, 0.5) is 4.79 Å². The van der Waals surface area contributed by atoms with Crippen LogP contribution in [0.25, 0.3) is 0 Å². The topological polar surface area (TPSA) is 124 Å². The second kappa shape index (κ2) is 8.95. The maximum absolute atomic E-state index is 13.0. The second-order valence-corrected chi connectivity index (χ2v) is 7.97. The fraction of sp³-hybridized carbons (Fsp3) is 0.444. The van der Waals surface area contributed by atoms with Gasteiger partial charge in [-0.2, -0.15) is 4.31 Å². The fourth-order valence-electron chi connectivity index (χ4n) is 2.97. The summed E-state index contributed by atoms with van der Waals surface area (Å²) in [5.74, 6) is 4.68. The number of amides is 1. The molecule has 1 aromatic carbocycles. The largest absolute Gasteiger partial charge is 0.481 e. The van der Waals surface area contributed by atoms with Gasteiger partial charge in [0.2, 0.25) is 10.0 Å². The number of hydrogen-bond acceptors (Lipinski definition) is 5. The van der Waals surface area contributed by atoms with E-state index in [2.05, 4.69) is 11.8 Å². The molecule has 28 heavy (non-hydrogen) atoms. The number of nitrogens with zero attached hydrogens (tertiary/aromatic N) is 2. The first-order chi connectivity index (χ1) is 13.2. The van der Waals surface area contributed by atoms with Crippen molar-refractivity contribution in [2.75, 3.05) is 19.7 Å². The lowest BCUT2D eigenvalue weighted by atomic mass is 10.1. The SMILES string of the molecule is CCC#CCOc1ccc(S(=O)(=O)N2CCN(C(=O)O)C(C)C2C(=O)O)cc1. The monoisotopic (exact) mass is 410 g/mol. The van der Waals surface area contributed by atoms with E-state index >= 15 is 0 Å². The number of piperazine rings is 1. The number of hydrogen-bond donors (Lipinski definition) is 2. The van der Waals surface area contributed by atoms with Gasteiger partial charge in [-0.3, -0.25) is 4.79 Å². The summed E-state index contributed by atoms with van der Waals surface area (Å²) in [6.45, 7) is 3.10. The van der Waals surface area contributed by atoms with Crippen LogP contribution in [0.2, 0.25) is 0 Å². The molecule has 9 nitrogen and oxygen atoms in total. The molecule has 0 radical (unpaired) electrons. The van der Waals surface area contributed by atoms with Crippen LogP contribution in [-0.4, -0.2) is 71.7 Å². The first kappa shape index (κ1) is 21.5. The summed E-state index contributed by atoms with van der Waals surface area (Å²) in [7, 11) is -4.13. The number of ether oxygens (including phenoxy) is 1. The Kier molecular flexibility index (Phi) is 6.88. The van der Waals surface area contributed by atoms with Crippen molar-refractivity contribution in [1.29, 1.82) is 0 Å². The molecule has 1 aliphatic rings. The minimum atomic E-state index is -4.13. The van der Waals surface area contributed by atoms with Gasteiger partial charge in [-0.25, -0.2) is 13.2 Å². The Balaban J connectivity index is 2.25. The quantitative estimate of drug-likeness (QED) is 0.701. The third kappa shape index (κ3) is 4.55. The molecule has 1 saturated heterocycles. The predicted molar refractivity (Wildman–Crippen MR) is 99.5 cm³/mol. The molecule has 2 rings (SSSR count). The van der Waals surface area contributed by atoms with Crippen LogP contribution in [0.15, 0.2) is 29.2 Å². The van der Waals surface area contributed by atoms with Gasteiger partial charge in [-0.05, 0) is 31.2 Å². The molecular weight excluding hydrogens is 388 g/mol. The molecule has 1 aliphatic heterocycles. The summed E-state index contributed by atoms with van der Waals surface area (Å²) in [6, 6.07) is 3.03. The molecule has 0 aromatic heterocycles. The zero-order valence-corrected chi connectivity index (χ0v) is 16.3. The predicted octanol–water partition coefficient (Wildman–Crippen LogP) is 1.30. The van der Waals surface area contributed by atoms with E-state index in [1.54, 1.807) is 0 Å². The number of aliphatic carboxylic acids is 1. The van der Waals surface area contributed by atoms with Gasteiger partial charge >= 0.3 is 12.1 Å². The first-order valence-electron chi connectivity index (χ1n) is 8.63. The molecule has 0 spiro atoms. The standard InChI is InChI=1S/C18H22N2O7S/c1-3-4-5-12-27-14-6-8-15(9-7-14)28(25,26)20-11-10-19(18(23)24)13(2)16(20)17(21)22/h6-9,13,16H,3,10-12H2,1-2H3,(H,21,22)(H,23,24). The van der Waals surface area contributed by atoms with Gasteiger partial charge in [0.15, 0.2) is 0 Å². The van der Waals surface area contributed by atoms with Gasteiger partial charge in [0, 0.05) is 19.5 Å². The number of sulfonamides is 1. The summed E-state index contributed by atoms with van der Waals surface area (Å²) >= 11 is 0. The van der Waals surface area contributed by atoms with Crippen LogP contribution in [0.5, 0.6) is 5.75 Å². The molecule has 2 N–H and O–H groups in total. The van der Waals surface area contributed by atoms with E-state index in [0.717, 1.165) is 9.21 Å². The molecule has 1 aromatic rings. The van der Waals surface area contributed by atoms with E-state index < -0.39 is 34.2 Å². The van der Waals surface area contributed by atoms with Crippen molar-refractivity contribution in [3.8, 4) is 17.6 Å². The third-order valence-corrected chi connectivity index (χ3v) is 6.26. The number of carbonyl (C=O) groups is 2. The van der Waals surface area contributed by atoms with Crippen LogP contribution in [0.1, 0.15) is 20.3 Å². The van der Waals surface area contributed by atoms with Gasteiger partial charge in [0.1, 0.15) is 18.4 Å². The van der Waals surface area contributed by atoms with E-state index in [-0.39, 0.29) is 24.6 Å². The van der Waals surface area contributed by atoms with Crippen molar-refractivity contribution in [2.45, 2.75) is 37.2 Å². The van der Waals surface area contributed by atoms with Crippen LogP contribution < -0.4 is 4.74 Å². The number of benzene rings is 1. The molecule has 10 heteroatoms. The molecule has 0 saturated carbocycles. The van der Waals surface area contributed by atoms with Gasteiger partial charge < -0.3 is 19.8 Å². The van der Waals surface area contributed by atoms with E-state index in [1.807, 2.05) is 6.92 Å². The van der Waals surface area contributed by atoms with Crippen molar-refractivity contribution >= 4 is 22.1 Å². The Morgan fingerprint density at radius 2 is 1.82 bits per heavy atom. The summed E-state index contributed by atoms with van der Waals surface area (Å²) in [6.07, 6.45) is -0.581. The van der Waals surface area contributed by atoms with Crippen LogP contribution in [-0.2, 0) is 14.8 Å². The number of carboxylic acids is 1. The van der Waals surface area contributed by atoms with Crippen molar-refractivity contribution in [2.24, 2.45) is 0 Å². The third-order valence-electron chi connectivity index (χ3n) is 4.36. The Morgan fingerprint density at radius 3 is 2.36 bits per heavy atom. The average Bonchev–Trinajstić information content (AvgIpc) is 2.64. The average molecular weight is 410 g/mol. The zero-order chi connectivity index (χ0) is 20.9. The summed E-state index contributed by atoms with van der Waals surface area (Å²) in [5, 5.41) is 18.7. The van der Waals surface area contributed by atoms with E-state index in [0.29, 0.717) is 12.2 Å². The van der Waals surface area contributed by atoms with Gasteiger partial charge in [-0.15, -0.1) is 5.92 Å². The lowest BCUT2D eigenvalue weighted by molar-refractivity contribution is -0.144. The fourth-order valence-corrected chi connectivity index (χ4v) is 4.61. The lowest BCUT2D eigenvalue weighted by Crippen LogP contribution is -2.63. The van der Waals surface area contributed by atoms with E-state index in [9.17, 15) is 28.2 Å². The van der Waals surface area contributed by atoms with Crippen molar-refractivity contribution in [3.05, 3.63) is 24.3 Å². The molecule has 0 bridgehead atoms. The van der Waals surface area contributed by atoms with Crippen molar-refractivity contribution < 1.29 is 33.0 Å². The lowest BCUT2D eigenvalue weighted by Gasteiger charge is -2.42. The normalized spacial score (nSPS) is 20.1. The van der Waals surface area contributed by atoms with Crippen LogP contribution >= 0.6 is 0 Å². The highest BCUT2D eigenvalue weighted by Crippen LogP contribution is 2.26. The Morgan fingerprint density at radius 1 is 1.18 bits per heavy atom. The molecular formula is C18H22N2O7S. The van der Waals surface area contributed by atoms with Gasteiger partial charge in [0.25, 0.3) is 0 Å². The minimum absolute atomic E-state index is 0.0956. The zero-order valence-electron chi connectivity index (χ0n) is 15.5. The highest BCUT2D eigenvalue weighted by atomic mass is 32.2. The Hall–Kier alpha value is -2.77. The Labute approximate surface area is 163 Å².